The Morgan fingerprint density at radius 3 is 2.25 bits per heavy atom. The molecule has 0 amide bonds. The molecule has 2 saturated carbocycles. The van der Waals surface area contributed by atoms with Crippen molar-refractivity contribution in [3.63, 3.8) is 0 Å². The maximum atomic E-state index is 14.1. The molecule has 32 heavy (non-hydrogen) atoms. The Morgan fingerprint density at radius 1 is 0.875 bits per heavy atom. The van der Waals surface area contributed by atoms with Gasteiger partial charge in [0.1, 0.15) is 0 Å². The normalized spacial score (nSPS) is 25.9. The van der Waals surface area contributed by atoms with Crippen molar-refractivity contribution >= 4 is 0 Å². The molecular formula is C27H32F4O. The molecule has 0 radical (unpaired) electrons. The van der Waals surface area contributed by atoms with Gasteiger partial charge in [0.05, 0.1) is 0 Å². The first-order chi connectivity index (χ1) is 15.3. The Hall–Kier alpha value is -2.04. The summed E-state index contributed by atoms with van der Waals surface area (Å²) >= 11 is 0. The lowest BCUT2D eigenvalue weighted by Gasteiger charge is -2.42. The SMILES string of the molecule is CCCCC1CCC2CC(c3ccc(-c4ccc(OC(F)(F)F)c(F)c4)cc3)CCC2C1. The number of unbranched alkanes of at least 4 members (excludes halogenated alkanes) is 1. The van der Waals surface area contributed by atoms with Gasteiger partial charge in [-0.1, -0.05) is 62.9 Å². The highest BCUT2D eigenvalue weighted by molar-refractivity contribution is 5.64. The summed E-state index contributed by atoms with van der Waals surface area (Å²) in [6, 6.07) is 11.7. The molecule has 2 fully saturated rings. The third kappa shape index (κ3) is 5.65. The molecule has 4 unspecified atom stereocenters. The second-order valence-electron chi connectivity index (χ2n) is 9.67. The van der Waals surface area contributed by atoms with E-state index in [4.69, 9.17) is 0 Å². The van der Waals surface area contributed by atoms with Gasteiger partial charge in [-0.05, 0) is 84.6 Å². The van der Waals surface area contributed by atoms with Crippen LogP contribution in [0.5, 0.6) is 5.75 Å². The van der Waals surface area contributed by atoms with Gasteiger partial charge in [-0.2, -0.15) is 0 Å². The molecule has 0 saturated heterocycles. The van der Waals surface area contributed by atoms with Crippen LogP contribution in [0, 0.1) is 23.6 Å². The van der Waals surface area contributed by atoms with Crippen LogP contribution in [-0.2, 0) is 0 Å². The molecule has 0 N–H and O–H groups in total. The van der Waals surface area contributed by atoms with Crippen LogP contribution in [0.2, 0.25) is 0 Å². The Labute approximate surface area is 188 Å². The van der Waals surface area contributed by atoms with E-state index in [2.05, 4.69) is 23.8 Å². The first-order valence-corrected chi connectivity index (χ1v) is 12.0. The van der Waals surface area contributed by atoms with E-state index in [0.717, 1.165) is 35.4 Å². The zero-order chi connectivity index (χ0) is 22.7. The van der Waals surface area contributed by atoms with Crippen LogP contribution in [0.3, 0.4) is 0 Å². The fourth-order valence-electron chi connectivity index (χ4n) is 5.88. The standard InChI is InChI=1S/C27H32F4O/c1-2-3-4-18-5-6-23-16-22(12-11-21(23)15-18)19-7-9-20(10-8-19)24-13-14-26(25(28)17-24)32-27(29,30)31/h7-10,13-14,17-18,21-23H,2-6,11-12,15-16H2,1H3. The Kier molecular flexibility index (Phi) is 7.11. The second-order valence-corrected chi connectivity index (χ2v) is 9.67. The molecule has 0 heterocycles. The summed E-state index contributed by atoms with van der Waals surface area (Å²) < 4.78 is 54.8. The number of fused-ring (bicyclic) bond motifs is 1. The van der Waals surface area contributed by atoms with E-state index in [9.17, 15) is 17.6 Å². The maximum absolute atomic E-state index is 14.1. The van der Waals surface area contributed by atoms with E-state index in [1.807, 2.05) is 12.1 Å². The van der Waals surface area contributed by atoms with Gasteiger partial charge in [-0.15, -0.1) is 13.2 Å². The zero-order valence-electron chi connectivity index (χ0n) is 18.6. The largest absolute Gasteiger partial charge is 0.573 e. The van der Waals surface area contributed by atoms with Crippen LogP contribution in [0.1, 0.15) is 76.2 Å². The molecule has 4 atom stereocenters. The van der Waals surface area contributed by atoms with Crippen LogP contribution in [-0.4, -0.2) is 6.36 Å². The molecule has 0 aromatic heterocycles. The van der Waals surface area contributed by atoms with Crippen molar-refractivity contribution in [1.82, 2.24) is 0 Å². The molecule has 4 rings (SSSR count). The highest BCUT2D eigenvalue weighted by Crippen LogP contribution is 2.48. The number of hydrogen-bond donors (Lipinski definition) is 0. The smallest absolute Gasteiger partial charge is 0.403 e. The van der Waals surface area contributed by atoms with E-state index < -0.39 is 17.9 Å². The fourth-order valence-corrected chi connectivity index (χ4v) is 5.88. The van der Waals surface area contributed by atoms with Crippen molar-refractivity contribution in [2.75, 3.05) is 0 Å². The minimum Gasteiger partial charge on any atom is -0.403 e. The summed E-state index contributed by atoms with van der Waals surface area (Å²) in [5.74, 6) is 1.40. The van der Waals surface area contributed by atoms with E-state index in [1.54, 1.807) is 0 Å². The Balaban J connectivity index is 1.38. The van der Waals surface area contributed by atoms with Gasteiger partial charge in [0.15, 0.2) is 11.6 Å². The summed E-state index contributed by atoms with van der Waals surface area (Å²) in [5, 5.41) is 0. The maximum Gasteiger partial charge on any atom is 0.573 e. The summed E-state index contributed by atoms with van der Waals surface area (Å²) in [5.41, 5.74) is 2.65. The van der Waals surface area contributed by atoms with Crippen LogP contribution in [0.4, 0.5) is 17.6 Å². The quantitative estimate of drug-likeness (QED) is 0.401. The van der Waals surface area contributed by atoms with Crippen LogP contribution < -0.4 is 4.74 Å². The van der Waals surface area contributed by atoms with Gasteiger partial charge < -0.3 is 4.74 Å². The Morgan fingerprint density at radius 2 is 1.56 bits per heavy atom. The fraction of sp³-hybridized carbons (Fsp3) is 0.556. The van der Waals surface area contributed by atoms with Gasteiger partial charge in [-0.25, -0.2) is 4.39 Å². The van der Waals surface area contributed by atoms with E-state index in [0.29, 0.717) is 11.5 Å². The van der Waals surface area contributed by atoms with Crippen LogP contribution in [0.15, 0.2) is 42.5 Å². The first-order valence-electron chi connectivity index (χ1n) is 12.0. The average molecular weight is 449 g/mol. The lowest BCUT2D eigenvalue weighted by atomic mass is 9.63. The van der Waals surface area contributed by atoms with Crippen molar-refractivity contribution in [3.05, 3.63) is 53.8 Å². The molecule has 2 aromatic rings. The number of benzene rings is 2. The summed E-state index contributed by atoms with van der Waals surface area (Å²) in [7, 11) is 0. The third-order valence-electron chi connectivity index (χ3n) is 7.56. The molecular weight excluding hydrogens is 416 g/mol. The highest BCUT2D eigenvalue weighted by atomic mass is 19.4. The van der Waals surface area contributed by atoms with E-state index in [1.165, 1.54) is 69.4 Å². The summed E-state index contributed by atoms with van der Waals surface area (Å²) in [6.07, 6.45) is 7.08. The van der Waals surface area contributed by atoms with Crippen molar-refractivity contribution in [3.8, 4) is 16.9 Å². The predicted molar refractivity (Wildman–Crippen MR) is 119 cm³/mol. The summed E-state index contributed by atoms with van der Waals surface area (Å²) in [6.45, 7) is 2.27. The molecule has 0 aliphatic heterocycles. The molecule has 0 spiro atoms. The number of ether oxygens (including phenoxy) is 1. The number of halogens is 4. The van der Waals surface area contributed by atoms with Crippen molar-refractivity contribution in [2.24, 2.45) is 17.8 Å². The lowest BCUT2D eigenvalue weighted by Crippen LogP contribution is -2.30. The minimum absolute atomic E-state index is 0.540. The molecule has 174 valence electrons. The van der Waals surface area contributed by atoms with Crippen molar-refractivity contribution < 1.29 is 22.3 Å². The molecule has 2 aliphatic rings. The monoisotopic (exact) mass is 448 g/mol. The number of rotatable bonds is 6. The zero-order valence-corrected chi connectivity index (χ0v) is 18.6. The van der Waals surface area contributed by atoms with Gasteiger partial charge in [0.2, 0.25) is 0 Å². The van der Waals surface area contributed by atoms with E-state index in [-0.39, 0.29) is 0 Å². The number of hydrogen-bond acceptors (Lipinski definition) is 1. The van der Waals surface area contributed by atoms with Crippen LogP contribution >= 0.6 is 0 Å². The predicted octanol–water partition coefficient (Wildman–Crippen LogP) is 8.88. The molecule has 0 bridgehead atoms. The Bertz CT molecular complexity index is 890. The molecule has 1 nitrogen and oxygen atoms in total. The molecule has 2 aliphatic carbocycles. The highest BCUT2D eigenvalue weighted by Gasteiger charge is 2.36. The lowest BCUT2D eigenvalue weighted by molar-refractivity contribution is -0.275. The third-order valence-corrected chi connectivity index (χ3v) is 7.56. The molecule has 5 heteroatoms. The topological polar surface area (TPSA) is 9.23 Å². The van der Waals surface area contributed by atoms with E-state index >= 15 is 0 Å². The average Bonchev–Trinajstić information content (AvgIpc) is 2.78. The summed E-state index contributed by atoms with van der Waals surface area (Å²) in [4.78, 5) is 0. The molecule has 2 aromatic carbocycles. The van der Waals surface area contributed by atoms with Gasteiger partial charge in [0.25, 0.3) is 0 Å². The van der Waals surface area contributed by atoms with Gasteiger partial charge in [-0.3, -0.25) is 0 Å². The van der Waals surface area contributed by atoms with Gasteiger partial charge in [0, 0.05) is 0 Å². The first kappa shape index (κ1) is 23.1. The minimum atomic E-state index is -4.90. The number of alkyl halides is 3. The van der Waals surface area contributed by atoms with Crippen molar-refractivity contribution in [1.29, 1.82) is 0 Å². The van der Waals surface area contributed by atoms with Gasteiger partial charge >= 0.3 is 6.36 Å². The second kappa shape index (κ2) is 9.84. The van der Waals surface area contributed by atoms with Crippen LogP contribution in [0.25, 0.3) is 11.1 Å². The van der Waals surface area contributed by atoms with Crippen molar-refractivity contribution in [2.45, 2.75) is 77.0 Å².